The van der Waals surface area contributed by atoms with Gasteiger partial charge in [-0.1, -0.05) is 72.8 Å². The fourth-order valence-corrected chi connectivity index (χ4v) is 4.87. The third-order valence-corrected chi connectivity index (χ3v) is 6.68. The number of anilines is 1. The Bertz CT molecular complexity index is 1190. The molecule has 0 unspecified atom stereocenters. The molecule has 5 nitrogen and oxygen atoms in total. The molecule has 32 heavy (non-hydrogen) atoms. The molecular weight excluding hydrogens is 418 g/mol. The Morgan fingerprint density at radius 1 is 0.938 bits per heavy atom. The number of aromatic nitrogens is 2. The van der Waals surface area contributed by atoms with Gasteiger partial charge in [0.2, 0.25) is 5.91 Å². The summed E-state index contributed by atoms with van der Waals surface area (Å²) < 4.78 is 7.80. The molecule has 0 radical (unpaired) electrons. The number of hydrogen-bond donors (Lipinski definition) is 1. The molecule has 0 spiro atoms. The Balaban J connectivity index is 1.36. The largest absolute Gasteiger partial charge is 0.489 e. The van der Waals surface area contributed by atoms with E-state index in [0.29, 0.717) is 18.9 Å². The molecule has 1 atom stereocenters. The van der Waals surface area contributed by atoms with E-state index in [1.807, 2.05) is 59.4 Å². The Morgan fingerprint density at radius 2 is 1.62 bits per heavy atom. The van der Waals surface area contributed by atoms with E-state index in [2.05, 4.69) is 46.8 Å². The summed E-state index contributed by atoms with van der Waals surface area (Å²) in [6.45, 7) is 1.15. The van der Waals surface area contributed by atoms with Crippen molar-refractivity contribution in [2.24, 2.45) is 0 Å². The van der Waals surface area contributed by atoms with Gasteiger partial charge in [-0.05, 0) is 28.8 Å². The number of hydrogen-bond acceptors (Lipinski definition) is 4. The van der Waals surface area contributed by atoms with E-state index in [4.69, 9.17) is 4.74 Å². The summed E-state index contributed by atoms with van der Waals surface area (Å²) in [6, 6.07) is 28.4. The van der Waals surface area contributed by atoms with Gasteiger partial charge in [0, 0.05) is 5.56 Å². The second kappa shape index (κ2) is 9.32. The van der Waals surface area contributed by atoms with Crippen LogP contribution in [0.4, 0.5) is 5.82 Å². The van der Waals surface area contributed by atoms with Crippen molar-refractivity contribution in [2.45, 2.75) is 18.4 Å². The van der Waals surface area contributed by atoms with Gasteiger partial charge in [0.15, 0.2) is 0 Å². The number of ether oxygens (including phenoxy) is 1. The first-order chi connectivity index (χ1) is 15.8. The molecule has 6 heteroatoms. The molecule has 4 aromatic rings. The molecular formula is C26H23N3O2S. The molecule has 2 heterocycles. The van der Waals surface area contributed by atoms with Crippen molar-refractivity contribution in [3.05, 3.63) is 113 Å². The predicted molar refractivity (Wildman–Crippen MR) is 128 cm³/mol. The summed E-state index contributed by atoms with van der Waals surface area (Å²) in [7, 11) is 0. The fourth-order valence-electron chi connectivity index (χ4n) is 3.78. The minimum Gasteiger partial charge on any atom is -0.489 e. The first kappa shape index (κ1) is 20.4. The summed E-state index contributed by atoms with van der Waals surface area (Å²) in [5.74, 6) is 2.00. The summed E-state index contributed by atoms with van der Waals surface area (Å²) in [4.78, 5) is 12.4. The number of carbonyl (C=O) groups excluding carboxylic acids is 1. The molecule has 0 saturated heterocycles. The Hall–Kier alpha value is -3.51. The zero-order valence-electron chi connectivity index (χ0n) is 17.5. The van der Waals surface area contributed by atoms with E-state index in [1.165, 1.54) is 0 Å². The summed E-state index contributed by atoms with van der Waals surface area (Å²) in [5, 5.41) is 7.67. The number of amides is 1. The maximum Gasteiger partial charge on any atom is 0.235 e. The van der Waals surface area contributed by atoms with Crippen molar-refractivity contribution in [3.63, 3.8) is 0 Å². The van der Waals surface area contributed by atoms with Crippen molar-refractivity contribution < 1.29 is 9.53 Å². The van der Waals surface area contributed by atoms with Gasteiger partial charge < -0.3 is 10.1 Å². The van der Waals surface area contributed by atoms with Crippen LogP contribution in [0, 0.1) is 0 Å². The molecule has 0 fully saturated rings. The Labute approximate surface area is 191 Å². The van der Waals surface area contributed by atoms with Gasteiger partial charge >= 0.3 is 0 Å². The molecule has 0 bridgehead atoms. The first-order valence-electron chi connectivity index (χ1n) is 10.5. The second-order valence-electron chi connectivity index (χ2n) is 7.67. The van der Waals surface area contributed by atoms with Gasteiger partial charge in [-0.25, -0.2) is 4.68 Å². The van der Waals surface area contributed by atoms with Gasteiger partial charge in [-0.2, -0.15) is 5.10 Å². The summed E-state index contributed by atoms with van der Waals surface area (Å²) in [5.41, 5.74) is 4.42. The number of nitrogens with one attached hydrogen (secondary N) is 1. The van der Waals surface area contributed by atoms with Crippen molar-refractivity contribution in [1.29, 1.82) is 0 Å². The SMILES string of the molecule is O=C1CS[C@H](c2ccc(OCc3ccccc3)cc2)c2cnn(Cc3ccccc3)c2N1. The van der Waals surface area contributed by atoms with E-state index < -0.39 is 0 Å². The predicted octanol–water partition coefficient (Wildman–Crippen LogP) is 5.29. The van der Waals surface area contributed by atoms with Crippen LogP contribution in [0.15, 0.2) is 91.1 Å². The highest BCUT2D eigenvalue weighted by Crippen LogP contribution is 2.41. The number of fused-ring (bicyclic) bond motifs is 1. The molecule has 5 rings (SSSR count). The average Bonchev–Trinajstić information content (AvgIpc) is 3.12. The Kier molecular flexibility index (Phi) is 5.94. The van der Waals surface area contributed by atoms with Crippen LogP contribution in [0.5, 0.6) is 5.75 Å². The molecule has 3 aromatic carbocycles. The van der Waals surface area contributed by atoms with Gasteiger partial charge in [0.05, 0.1) is 23.7 Å². The second-order valence-corrected chi connectivity index (χ2v) is 8.77. The maximum absolute atomic E-state index is 12.4. The van der Waals surface area contributed by atoms with E-state index in [-0.39, 0.29) is 11.2 Å². The van der Waals surface area contributed by atoms with Crippen LogP contribution < -0.4 is 10.1 Å². The van der Waals surface area contributed by atoms with E-state index in [1.54, 1.807) is 11.8 Å². The van der Waals surface area contributed by atoms with Gasteiger partial charge in [0.1, 0.15) is 18.2 Å². The van der Waals surface area contributed by atoms with Crippen LogP contribution in [0.2, 0.25) is 0 Å². The van der Waals surface area contributed by atoms with E-state index in [0.717, 1.165) is 33.8 Å². The highest BCUT2D eigenvalue weighted by molar-refractivity contribution is 8.00. The maximum atomic E-state index is 12.4. The highest BCUT2D eigenvalue weighted by atomic mass is 32.2. The molecule has 0 aliphatic carbocycles. The third-order valence-electron chi connectivity index (χ3n) is 5.40. The van der Waals surface area contributed by atoms with Crippen LogP contribution in [0.3, 0.4) is 0 Å². The first-order valence-corrected chi connectivity index (χ1v) is 11.6. The van der Waals surface area contributed by atoms with Gasteiger partial charge in [0.25, 0.3) is 0 Å². The Morgan fingerprint density at radius 3 is 2.34 bits per heavy atom. The minimum atomic E-state index is -0.00336. The van der Waals surface area contributed by atoms with Crippen LogP contribution in [0.25, 0.3) is 0 Å². The number of carbonyl (C=O) groups is 1. The monoisotopic (exact) mass is 441 g/mol. The topological polar surface area (TPSA) is 56.1 Å². The van der Waals surface area contributed by atoms with E-state index >= 15 is 0 Å². The fraction of sp³-hybridized carbons (Fsp3) is 0.154. The average molecular weight is 442 g/mol. The van der Waals surface area contributed by atoms with Crippen LogP contribution >= 0.6 is 11.8 Å². The molecule has 1 aliphatic heterocycles. The number of thioether (sulfide) groups is 1. The van der Waals surface area contributed by atoms with Crippen LogP contribution in [-0.2, 0) is 17.9 Å². The molecule has 160 valence electrons. The standard InChI is InChI=1S/C26H23N3O2S/c30-24-18-32-25(21-11-13-22(14-12-21)31-17-20-9-5-2-6-10-20)23-15-27-29(26(23)28-24)16-19-7-3-1-4-8-19/h1-15,25H,16-18H2,(H,28,30)/t25-/m1/s1. The molecule has 1 aliphatic rings. The van der Waals surface area contributed by atoms with E-state index in [9.17, 15) is 4.79 Å². The normalized spacial score (nSPS) is 15.5. The van der Waals surface area contributed by atoms with Crippen molar-refractivity contribution >= 4 is 23.5 Å². The van der Waals surface area contributed by atoms with Crippen molar-refractivity contribution in [2.75, 3.05) is 11.1 Å². The lowest BCUT2D eigenvalue weighted by Gasteiger charge is -2.15. The van der Waals surface area contributed by atoms with Crippen LogP contribution in [0.1, 0.15) is 27.5 Å². The lowest BCUT2D eigenvalue weighted by molar-refractivity contribution is -0.113. The van der Waals surface area contributed by atoms with Gasteiger partial charge in [-0.3, -0.25) is 4.79 Å². The smallest absolute Gasteiger partial charge is 0.235 e. The van der Waals surface area contributed by atoms with Crippen LogP contribution in [-0.4, -0.2) is 21.4 Å². The zero-order valence-corrected chi connectivity index (χ0v) is 18.3. The highest BCUT2D eigenvalue weighted by Gasteiger charge is 2.27. The van der Waals surface area contributed by atoms with Crippen molar-refractivity contribution in [1.82, 2.24) is 9.78 Å². The van der Waals surface area contributed by atoms with Gasteiger partial charge in [-0.15, -0.1) is 11.8 Å². The minimum absolute atomic E-state index is 0.00336. The number of rotatable bonds is 6. The zero-order chi connectivity index (χ0) is 21.8. The van der Waals surface area contributed by atoms with Crippen molar-refractivity contribution in [3.8, 4) is 5.75 Å². The molecule has 1 aromatic heterocycles. The molecule has 1 amide bonds. The summed E-state index contributed by atoms with van der Waals surface area (Å²) in [6.07, 6.45) is 1.88. The lowest BCUT2D eigenvalue weighted by Crippen LogP contribution is -2.16. The third kappa shape index (κ3) is 4.55. The number of benzene rings is 3. The quantitative estimate of drug-likeness (QED) is 0.442. The summed E-state index contributed by atoms with van der Waals surface area (Å²) >= 11 is 1.62. The molecule has 1 N–H and O–H groups in total. The number of nitrogens with zero attached hydrogens (tertiary/aromatic N) is 2. The molecule has 0 saturated carbocycles. The lowest BCUT2D eigenvalue weighted by atomic mass is 10.1.